The third-order valence-corrected chi connectivity index (χ3v) is 3.58. The molecule has 0 unspecified atom stereocenters. The number of ether oxygens (including phenoxy) is 1. The number of carbonyl (C=O) groups excluding carboxylic acids is 1. The minimum absolute atomic E-state index is 0.0189. The lowest BCUT2D eigenvalue weighted by Crippen LogP contribution is -2.15. The third kappa shape index (κ3) is 3.72. The minimum Gasteiger partial charge on any atom is -0.378 e. The van der Waals surface area contributed by atoms with Gasteiger partial charge in [-0.2, -0.15) is 0 Å². The number of halogens is 1. The molecule has 1 heterocycles. The van der Waals surface area contributed by atoms with Gasteiger partial charge in [0, 0.05) is 23.7 Å². The standard InChI is InChI=1S/C14H18ClNO2/c1-10-4-5-11(9-13(10)15)16-14(17)7-6-12-3-2-8-18-12/h4-5,9,12H,2-3,6-8H2,1H3,(H,16,17)/t12-/m1/s1. The lowest BCUT2D eigenvalue weighted by molar-refractivity contribution is -0.116. The van der Waals surface area contributed by atoms with Crippen molar-refractivity contribution in [3.8, 4) is 0 Å². The van der Waals surface area contributed by atoms with Crippen LogP contribution < -0.4 is 5.32 Å². The average Bonchev–Trinajstić information content (AvgIpc) is 2.84. The maximum atomic E-state index is 11.8. The molecule has 1 atom stereocenters. The Balaban J connectivity index is 1.80. The summed E-state index contributed by atoms with van der Waals surface area (Å²) < 4.78 is 5.49. The fourth-order valence-electron chi connectivity index (χ4n) is 2.06. The summed E-state index contributed by atoms with van der Waals surface area (Å²) in [6.45, 7) is 2.77. The van der Waals surface area contributed by atoms with Crippen LogP contribution >= 0.6 is 11.6 Å². The van der Waals surface area contributed by atoms with Gasteiger partial charge in [-0.25, -0.2) is 0 Å². The van der Waals surface area contributed by atoms with E-state index in [9.17, 15) is 4.79 Å². The molecular formula is C14H18ClNO2. The largest absolute Gasteiger partial charge is 0.378 e. The molecule has 0 spiro atoms. The van der Waals surface area contributed by atoms with Crippen molar-refractivity contribution in [1.29, 1.82) is 0 Å². The van der Waals surface area contributed by atoms with Crippen molar-refractivity contribution < 1.29 is 9.53 Å². The normalized spacial score (nSPS) is 18.9. The van der Waals surface area contributed by atoms with Crippen LogP contribution in [0.5, 0.6) is 0 Å². The predicted octanol–water partition coefficient (Wildman–Crippen LogP) is 3.55. The van der Waals surface area contributed by atoms with Crippen molar-refractivity contribution in [3.05, 3.63) is 28.8 Å². The van der Waals surface area contributed by atoms with E-state index in [1.54, 1.807) is 6.07 Å². The van der Waals surface area contributed by atoms with Gasteiger partial charge in [-0.05, 0) is 43.9 Å². The van der Waals surface area contributed by atoms with Crippen molar-refractivity contribution >= 4 is 23.2 Å². The van der Waals surface area contributed by atoms with Gasteiger partial charge in [0.15, 0.2) is 0 Å². The number of aryl methyl sites for hydroxylation is 1. The number of nitrogens with one attached hydrogen (secondary N) is 1. The molecule has 0 aliphatic carbocycles. The first-order valence-corrected chi connectivity index (χ1v) is 6.70. The molecule has 1 N–H and O–H groups in total. The van der Waals surface area contributed by atoms with E-state index in [-0.39, 0.29) is 12.0 Å². The maximum Gasteiger partial charge on any atom is 0.224 e. The Morgan fingerprint density at radius 2 is 2.39 bits per heavy atom. The average molecular weight is 268 g/mol. The van der Waals surface area contributed by atoms with Crippen LogP contribution in [-0.4, -0.2) is 18.6 Å². The van der Waals surface area contributed by atoms with Crippen molar-refractivity contribution in [2.75, 3.05) is 11.9 Å². The molecule has 3 nitrogen and oxygen atoms in total. The molecule has 1 aliphatic heterocycles. The van der Waals surface area contributed by atoms with E-state index >= 15 is 0 Å². The summed E-state index contributed by atoms with van der Waals surface area (Å²) in [5.74, 6) is 0.0189. The lowest BCUT2D eigenvalue weighted by atomic mass is 10.1. The van der Waals surface area contributed by atoms with Crippen molar-refractivity contribution in [2.45, 2.75) is 38.7 Å². The molecule has 1 aliphatic rings. The van der Waals surface area contributed by atoms with E-state index in [0.717, 1.165) is 37.1 Å². The van der Waals surface area contributed by atoms with Crippen molar-refractivity contribution in [2.24, 2.45) is 0 Å². The second kappa shape index (κ2) is 6.21. The first kappa shape index (κ1) is 13.4. The second-order valence-corrected chi connectivity index (χ2v) is 5.09. The summed E-state index contributed by atoms with van der Waals surface area (Å²) in [4.78, 5) is 11.8. The van der Waals surface area contributed by atoms with Gasteiger partial charge in [-0.3, -0.25) is 4.79 Å². The van der Waals surface area contributed by atoms with E-state index in [1.165, 1.54) is 0 Å². The zero-order valence-electron chi connectivity index (χ0n) is 10.5. The summed E-state index contributed by atoms with van der Waals surface area (Å²) in [7, 11) is 0. The summed E-state index contributed by atoms with van der Waals surface area (Å²) >= 11 is 6.01. The van der Waals surface area contributed by atoms with Gasteiger partial charge < -0.3 is 10.1 Å². The third-order valence-electron chi connectivity index (χ3n) is 3.17. The molecule has 1 aromatic rings. The SMILES string of the molecule is Cc1ccc(NC(=O)CC[C@H]2CCCO2)cc1Cl. The summed E-state index contributed by atoms with van der Waals surface area (Å²) in [6, 6.07) is 5.55. The lowest BCUT2D eigenvalue weighted by Gasteiger charge is -2.10. The number of hydrogen-bond donors (Lipinski definition) is 1. The Kier molecular flexibility index (Phi) is 4.61. The Bertz CT molecular complexity index is 428. The molecule has 18 heavy (non-hydrogen) atoms. The quantitative estimate of drug-likeness (QED) is 0.906. The summed E-state index contributed by atoms with van der Waals surface area (Å²) in [5, 5.41) is 3.53. The Morgan fingerprint density at radius 1 is 1.56 bits per heavy atom. The monoisotopic (exact) mass is 267 g/mol. The zero-order chi connectivity index (χ0) is 13.0. The van der Waals surface area contributed by atoms with Gasteiger partial charge in [-0.1, -0.05) is 17.7 Å². The summed E-state index contributed by atoms with van der Waals surface area (Å²) in [5.41, 5.74) is 1.76. The molecule has 0 radical (unpaired) electrons. The first-order valence-electron chi connectivity index (χ1n) is 6.33. The minimum atomic E-state index is 0.0189. The van der Waals surface area contributed by atoms with Crippen LogP contribution in [0.3, 0.4) is 0 Å². The van der Waals surface area contributed by atoms with E-state index < -0.39 is 0 Å². The number of carbonyl (C=O) groups is 1. The highest BCUT2D eigenvalue weighted by Crippen LogP contribution is 2.21. The van der Waals surface area contributed by atoms with E-state index in [2.05, 4.69) is 5.32 Å². The molecular weight excluding hydrogens is 250 g/mol. The Morgan fingerprint density at radius 3 is 3.06 bits per heavy atom. The zero-order valence-corrected chi connectivity index (χ0v) is 11.3. The van der Waals surface area contributed by atoms with E-state index in [0.29, 0.717) is 11.4 Å². The van der Waals surface area contributed by atoms with Gasteiger partial charge in [-0.15, -0.1) is 0 Å². The molecule has 1 amide bonds. The molecule has 0 aromatic heterocycles. The highest BCUT2D eigenvalue weighted by molar-refractivity contribution is 6.31. The Hall–Kier alpha value is -1.06. The maximum absolute atomic E-state index is 11.8. The molecule has 98 valence electrons. The number of amides is 1. The van der Waals surface area contributed by atoms with Gasteiger partial charge in [0.2, 0.25) is 5.91 Å². The number of anilines is 1. The van der Waals surface area contributed by atoms with Gasteiger partial charge in [0.1, 0.15) is 0 Å². The molecule has 1 fully saturated rings. The van der Waals surface area contributed by atoms with Crippen molar-refractivity contribution in [3.63, 3.8) is 0 Å². The number of hydrogen-bond acceptors (Lipinski definition) is 2. The number of benzene rings is 1. The topological polar surface area (TPSA) is 38.3 Å². The van der Waals surface area contributed by atoms with Gasteiger partial charge >= 0.3 is 0 Å². The molecule has 1 saturated heterocycles. The van der Waals surface area contributed by atoms with Crippen LogP contribution in [0.15, 0.2) is 18.2 Å². The van der Waals surface area contributed by atoms with Crippen LogP contribution in [0.1, 0.15) is 31.2 Å². The van der Waals surface area contributed by atoms with Crippen LogP contribution in [0.4, 0.5) is 5.69 Å². The summed E-state index contributed by atoms with van der Waals surface area (Å²) in [6.07, 6.45) is 3.74. The molecule has 0 saturated carbocycles. The second-order valence-electron chi connectivity index (χ2n) is 4.69. The fraction of sp³-hybridized carbons (Fsp3) is 0.500. The van der Waals surface area contributed by atoms with Crippen LogP contribution in [-0.2, 0) is 9.53 Å². The van der Waals surface area contributed by atoms with Crippen LogP contribution in [0.25, 0.3) is 0 Å². The van der Waals surface area contributed by atoms with E-state index in [1.807, 2.05) is 19.1 Å². The molecule has 0 bridgehead atoms. The van der Waals surface area contributed by atoms with Gasteiger partial charge in [0.25, 0.3) is 0 Å². The molecule has 2 rings (SSSR count). The smallest absolute Gasteiger partial charge is 0.224 e. The van der Waals surface area contributed by atoms with Crippen LogP contribution in [0.2, 0.25) is 5.02 Å². The molecule has 1 aromatic carbocycles. The first-order chi connectivity index (χ1) is 8.65. The van der Waals surface area contributed by atoms with Gasteiger partial charge in [0.05, 0.1) is 6.10 Å². The fourth-order valence-corrected chi connectivity index (χ4v) is 2.24. The molecule has 4 heteroatoms. The van der Waals surface area contributed by atoms with Crippen LogP contribution in [0, 0.1) is 6.92 Å². The predicted molar refractivity (Wildman–Crippen MR) is 73.0 cm³/mol. The highest BCUT2D eigenvalue weighted by atomic mass is 35.5. The van der Waals surface area contributed by atoms with E-state index in [4.69, 9.17) is 16.3 Å². The Labute approximate surface area is 112 Å². The van der Waals surface area contributed by atoms with Crippen molar-refractivity contribution in [1.82, 2.24) is 0 Å². The highest BCUT2D eigenvalue weighted by Gasteiger charge is 2.16. The number of rotatable bonds is 4.